The Morgan fingerprint density at radius 2 is 1.97 bits per heavy atom. The lowest BCUT2D eigenvalue weighted by molar-refractivity contribution is 0.342. The molecule has 0 bridgehead atoms. The van der Waals surface area contributed by atoms with E-state index < -0.39 is 5.82 Å². The summed E-state index contributed by atoms with van der Waals surface area (Å²) in [6, 6.07) is 9.91. The van der Waals surface area contributed by atoms with Crippen LogP contribution in [0, 0.1) is 5.82 Å². The Morgan fingerprint density at radius 1 is 1.09 bits per heavy atom. The van der Waals surface area contributed by atoms with Gasteiger partial charge in [-0.3, -0.25) is 9.97 Å². The highest BCUT2D eigenvalue weighted by molar-refractivity contribution is 5.78. The fraction of sp³-hybridized carbons (Fsp3) is 0.304. The van der Waals surface area contributed by atoms with Gasteiger partial charge in [0.05, 0.1) is 11.9 Å². The van der Waals surface area contributed by atoms with Crippen LogP contribution in [0.15, 0.2) is 55.1 Å². The van der Waals surface area contributed by atoms with E-state index in [-0.39, 0.29) is 0 Å². The second kappa shape index (κ2) is 8.97. The van der Waals surface area contributed by atoms with Crippen LogP contribution in [0.1, 0.15) is 31.2 Å². The number of halogens is 1. The molecular weight excluding hydrogens is 407 g/mol. The van der Waals surface area contributed by atoms with Gasteiger partial charge in [-0.05, 0) is 55.5 Å². The van der Waals surface area contributed by atoms with E-state index in [9.17, 15) is 4.39 Å². The van der Waals surface area contributed by atoms with Gasteiger partial charge in [-0.1, -0.05) is 6.07 Å². The number of hydrogen-bond donors (Lipinski definition) is 3. The van der Waals surface area contributed by atoms with Crippen molar-refractivity contribution in [3.63, 3.8) is 0 Å². The summed E-state index contributed by atoms with van der Waals surface area (Å²) in [5.74, 6) is 0.512. The molecule has 32 heavy (non-hydrogen) atoms. The van der Waals surface area contributed by atoms with Crippen LogP contribution in [0.2, 0.25) is 0 Å². The van der Waals surface area contributed by atoms with Crippen molar-refractivity contribution >= 4 is 17.0 Å². The minimum Gasteiger partial charge on any atom is -0.336 e. The summed E-state index contributed by atoms with van der Waals surface area (Å²) >= 11 is 0. The Morgan fingerprint density at radius 3 is 2.75 bits per heavy atom. The summed E-state index contributed by atoms with van der Waals surface area (Å²) < 4.78 is 16.1. The quantitative estimate of drug-likeness (QED) is 0.429. The van der Waals surface area contributed by atoms with Gasteiger partial charge in [-0.15, -0.1) is 5.10 Å². The molecule has 1 aliphatic carbocycles. The van der Waals surface area contributed by atoms with Crippen molar-refractivity contribution in [3.05, 3.63) is 66.5 Å². The van der Waals surface area contributed by atoms with E-state index in [2.05, 4.69) is 25.7 Å². The SMILES string of the molecule is N[C@H]1CC[C@H](NCc2ccn3nc(-c4ccccn4)nc(Nc4ccncc4F)c23)CC1. The molecule has 0 amide bonds. The minimum atomic E-state index is -0.451. The highest BCUT2D eigenvalue weighted by Crippen LogP contribution is 2.27. The highest BCUT2D eigenvalue weighted by atomic mass is 19.1. The molecule has 8 nitrogen and oxygen atoms in total. The smallest absolute Gasteiger partial charge is 0.200 e. The Labute approximate surface area is 185 Å². The van der Waals surface area contributed by atoms with Gasteiger partial charge in [0, 0.05) is 37.2 Å². The van der Waals surface area contributed by atoms with Crippen molar-refractivity contribution in [2.45, 2.75) is 44.3 Å². The summed E-state index contributed by atoms with van der Waals surface area (Å²) in [6.07, 6.45) is 10.5. The van der Waals surface area contributed by atoms with Crippen molar-refractivity contribution < 1.29 is 4.39 Å². The molecule has 0 radical (unpaired) electrons. The maximum atomic E-state index is 14.3. The molecule has 1 fully saturated rings. The van der Waals surface area contributed by atoms with Crippen LogP contribution in [0.5, 0.6) is 0 Å². The maximum Gasteiger partial charge on any atom is 0.200 e. The Balaban J connectivity index is 1.50. The van der Waals surface area contributed by atoms with E-state index in [0.717, 1.165) is 36.8 Å². The van der Waals surface area contributed by atoms with Gasteiger partial charge in [0.1, 0.15) is 11.2 Å². The molecule has 0 aromatic carbocycles. The van der Waals surface area contributed by atoms with Crippen molar-refractivity contribution in [1.29, 1.82) is 0 Å². The zero-order valence-corrected chi connectivity index (χ0v) is 17.6. The van der Waals surface area contributed by atoms with Crippen molar-refractivity contribution in [2.75, 3.05) is 5.32 Å². The predicted molar refractivity (Wildman–Crippen MR) is 121 cm³/mol. The first kappa shape index (κ1) is 20.5. The Hall–Kier alpha value is -3.43. The molecule has 4 aromatic heterocycles. The van der Waals surface area contributed by atoms with Crippen LogP contribution in [-0.2, 0) is 6.54 Å². The molecule has 1 aliphatic rings. The van der Waals surface area contributed by atoms with Gasteiger partial charge < -0.3 is 16.4 Å². The molecule has 0 unspecified atom stereocenters. The summed E-state index contributed by atoms with van der Waals surface area (Å²) in [6.45, 7) is 0.663. The average molecular weight is 433 g/mol. The number of hydrogen-bond acceptors (Lipinski definition) is 7. The summed E-state index contributed by atoms with van der Waals surface area (Å²) in [7, 11) is 0. The van der Waals surface area contributed by atoms with Gasteiger partial charge in [0.2, 0.25) is 5.82 Å². The first-order valence-electron chi connectivity index (χ1n) is 10.8. The third-order valence-electron chi connectivity index (χ3n) is 5.87. The van der Waals surface area contributed by atoms with Crippen LogP contribution in [-0.4, -0.2) is 36.6 Å². The van der Waals surface area contributed by atoms with Crippen molar-refractivity contribution in [1.82, 2.24) is 29.9 Å². The lowest BCUT2D eigenvalue weighted by Gasteiger charge is -2.26. The number of aromatic nitrogens is 5. The average Bonchev–Trinajstić information content (AvgIpc) is 3.24. The topological polar surface area (TPSA) is 106 Å². The summed E-state index contributed by atoms with van der Waals surface area (Å²) in [4.78, 5) is 12.9. The lowest BCUT2D eigenvalue weighted by Crippen LogP contribution is -2.37. The summed E-state index contributed by atoms with van der Waals surface area (Å²) in [5, 5.41) is 11.4. The van der Waals surface area contributed by atoms with Crippen molar-refractivity contribution in [3.8, 4) is 11.5 Å². The fourth-order valence-electron chi connectivity index (χ4n) is 4.10. The van der Waals surface area contributed by atoms with Crippen LogP contribution in [0.4, 0.5) is 15.9 Å². The first-order valence-corrected chi connectivity index (χ1v) is 10.8. The zero-order chi connectivity index (χ0) is 21.9. The van der Waals surface area contributed by atoms with Crippen LogP contribution < -0.4 is 16.4 Å². The molecular formula is C23H25FN8. The number of fused-ring (bicyclic) bond motifs is 1. The number of rotatable bonds is 6. The monoisotopic (exact) mass is 432 g/mol. The molecule has 5 rings (SSSR count). The van der Waals surface area contributed by atoms with Crippen LogP contribution in [0.25, 0.3) is 17.0 Å². The molecule has 164 valence electrons. The van der Waals surface area contributed by atoms with E-state index in [0.29, 0.717) is 41.7 Å². The number of nitrogens with zero attached hydrogens (tertiary/aromatic N) is 5. The molecule has 9 heteroatoms. The normalized spacial score (nSPS) is 18.7. The van der Waals surface area contributed by atoms with E-state index in [4.69, 9.17) is 10.7 Å². The van der Waals surface area contributed by atoms with E-state index in [1.54, 1.807) is 16.8 Å². The highest BCUT2D eigenvalue weighted by Gasteiger charge is 2.20. The molecule has 4 heterocycles. The van der Waals surface area contributed by atoms with Crippen LogP contribution >= 0.6 is 0 Å². The van der Waals surface area contributed by atoms with Gasteiger partial charge in [0.15, 0.2) is 11.6 Å². The Kier molecular flexibility index (Phi) is 5.74. The van der Waals surface area contributed by atoms with Crippen molar-refractivity contribution in [2.24, 2.45) is 5.73 Å². The maximum absolute atomic E-state index is 14.3. The number of anilines is 2. The lowest BCUT2D eigenvalue weighted by atomic mass is 9.92. The molecule has 1 saturated carbocycles. The molecule has 0 aliphatic heterocycles. The van der Waals surface area contributed by atoms with E-state index >= 15 is 0 Å². The predicted octanol–water partition coefficient (Wildman–Crippen LogP) is 3.43. The number of nitrogens with one attached hydrogen (secondary N) is 2. The molecule has 4 aromatic rings. The van der Waals surface area contributed by atoms with Gasteiger partial charge in [-0.2, -0.15) is 0 Å². The number of pyridine rings is 2. The Bertz CT molecular complexity index is 1200. The standard InChI is InChI=1S/C23H25FN8/c24-18-14-26-11-8-19(18)29-23-21-15(13-28-17-6-4-16(25)5-7-17)9-12-32(21)31-22(30-23)20-3-1-2-10-27-20/h1-3,8-12,14,16-17,28H,4-7,13,25H2,(H,26,29,30,31)/t16-,17-. The second-order valence-corrected chi connectivity index (χ2v) is 8.11. The molecule has 0 spiro atoms. The van der Waals surface area contributed by atoms with E-state index in [1.165, 1.54) is 12.4 Å². The third-order valence-corrected chi connectivity index (χ3v) is 5.87. The fourth-order valence-corrected chi connectivity index (χ4v) is 4.10. The molecule has 0 atom stereocenters. The molecule has 0 saturated heterocycles. The second-order valence-electron chi connectivity index (χ2n) is 8.11. The van der Waals surface area contributed by atoms with Gasteiger partial charge in [0.25, 0.3) is 0 Å². The number of nitrogens with two attached hydrogens (primary N) is 1. The van der Waals surface area contributed by atoms with Gasteiger partial charge >= 0.3 is 0 Å². The van der Waals surface area contributed by atoms with E-state index in [1.807, 2.05) is 30.5 Å². The third kappa shape index (κ3) is 4.30. The first-order chi connectivity index (χ1) is 15.7. The molecule has 4 N–H and O–H groups in total. The zero-order valence-electron chi connectivity index (χ0n) is 17.6. The minimum absolute atomic E-state index is 0.300. The van der Waals surface area contributed by atoms with Gasteiger partial charge in [-0.25, -0.2) is 13.9 Å². The largest absolute Gasteiger partial charge is 0.336 e. The summed E-state index contributed by atoms with van der Waals surface area (Å²) in [5.41, 5.74) is 8.80. The van der Waals surface area contributed by atoms with Crippen LogP contribution in [0.3, 0.4) is 0 Å².